The van der Waals surface area contributed by atoms with Gasteiger partial charge in [0.05, 0.1) is 0 Å². The number of anilines is 1. The first-order chi connectivity index (χ1) is 5.95. The highest BCUT2D eigenvalue weighted by Crippen LogP contribution is 2.31. The maximum absolute atomic E-state index is 6.11. The topological polar surface area (TPSA) is 12.0 Å². The van der Waals surface area contributed by atoms with Crippen molar-refractivity contribution in [1.82, 2.24) is 0 Å². The minimum Gasteiger partial charge on any atom is -0.388 e. The van der Waals surface area contributed by atoms with Crippen LogP contribution in [0.2, 0.25) is 5.02 Å². The summed E-state index contributed by atoms with van der Waals surface area (Å²) in [6, 6.07) is 6.02. The van der Waals surface area contributed by atoms with Crippen molar-refractivity contribution in [3.63, 3.8) is 0 Å². The molecule has 1 rings (SSSR count). The van der Waals surface area contributed by atoms with Crippen molar-refractivity contribution < 1.29 is 0 Å². The van der Waals surface area contributed by atoms with Gasteiger partial charge in [0.25, 0.3) is 0 Å². The third kappa shape index (κ3) is 2.38. The molecule has 0 radical (unpaired) electrons. The van der Waals surface area contributed by atoms with E-state index in [9.17, 15) is 0 Å². The number of nitrogens with one attached hydrogen (secondary N) is 1. The number of hydrogen-bond acceptors (Lipinski definition) is 1. The smallest absolute Gasteiger partial charge is 0.0444 e. The standard InChI is InChI=1S/C11H16ClN/c1-11(2,3)9-7-8(13-4)5-6-10(9)12/h5-7,13H,1-4H3. The van der Waals surface area contributed by atoms with E-state index in [1.807, 2.05) is 19.2 Å². The molecule has 0 aromatic heterocycles. The lowest BCUT2D eigenvalue weighted by molar-refractivity contribution is 0.591. The summed E-state index contributed by atoms with van der Waals surface area (Å²) in [7, 11) is 1.91. The van der Waals surface area contributed by atoms with Gasteiger partial charge < -0.3 is 5.32 Å². The summed E-state index contributed by atoms with van der Waals surface area (Å²) in [4.78, 5) is 0. The van der Waals surface area contributed by atoms with E-state index in [1.54, 1.807) is 0 Å². The Morgan fingerprint density at radius 1 is 1.23 bits per heavy atom. The number of benzene rings is 1. The lowest BCUT2D eigenvalue weighted by atomic mass is 9.87. The Bertz CT molecular complexity index is 299. The van der Waals surface area contributed by atoms with Crippen LogP contribution in [0.15, 0.2) is 18.2 Å². The molecule has 0 heterocycles. The first-order valence-electron chi connectivity index (χ1n) is 4.43. The van der Waals surface area contributed by atoms with Crippen LogP contribution < -0.4 is 5.32 Å². The van der Waals surface area contributed by atoms with Crippen molar-refractivity contribution in [1.29, 1.82) is 0 Å². The van der Waals surface area contributed by atoms with Crippen LogP contribution in [0.3, 0.4) is 0 Å². The Labute approximate surface area is 85.1 Å². The van der Waals surface area contributed by atoms with E-state index < -0.39 is 0 Å². The van der Waals surface area contributed by atoms with E-state index in [2.05, 4.69) is 32.2 Å². The van der Waals surface area contributed by atoms with Gasteiger partial charge in [-0.25, -0.2) is 0 Å². The predicted octanol–water partition coefficient (Wildman–Crippen LogP) is 3.68. The molecule has 0 spiro atoms. The van der Waals surface area contributed by atoms with E-state index in [0.717, 1.165) is 10.7 Å². The SMILES string of the molecule is CNc1ccc(Cl)c(C(C)(C)C)c1. The van der Waals surface area contributed by atoms with E-state index >= 15 is 0 Å². The van der Waals surface area contributed by atoms with Gasteiger partial charge >= 0.3 is 0 Å². The number of hydrogen-bond donors (Lipinski definition) is 1. The average molecular weight is 198 g/mol. The third-order valence-electron chi connectivity index (χ3n) is 2.06. The fraction of sp³-hybridized carbons (Fsp3) is 0.455. The molecule has 0 fully saturated rings. The quantitative estimate of drug-likeness (QED) is 0.725. The molecule has 0 bridgehead atoms. The van der Waals surface area contributed by atoms with Crippen LogP contribution in [-0.4, -0.2) is 7.05 Å². The zero-order valence-electron chi connectivity index (χ0n) is 8.61. The number of rotatable bonds is 1. The van der Waals surface area contributed by atoms with Gasteiger partial charge in [-0.3, -0.25) is 0 Å². The molecule has 2 heteroatoms. The van der Waals surface area contributed by atoms with Crippen molar-refractivity contribution in [3.8, 4) is 0 Å². The Morgan fingerprint density at radius 2 is 1.85 bits per heavy atom. The van der Waals surface area contributed by atoms with Crippen molar-refractivity contribution >= 4 is 17.3 Å². The minimum absolute atomic E-state index is 0.101. The summed E-state index contributed by atoms with van der Waals surface area (Å²) in [5.41, 5.74) is 2.39. The maximum Gasteiger partial charge on any atom is 0.0444 e. The van der Waals surface area contributed by atoms with Crippen LogP contribution in [0, 0.1) is 0 Å². The molecule has 0 saturated heterocycles. The Hall–Kier alpha value is -0.690. The van der Waals surface area contributed by atoms with Gasteiger partial charge in [-0.2, -0.15) is 0 Å². The molecule has 0 aliphatic heterocycles. The van der Waals surface area contributed by atoms with E-state index in [0.29, 0.717) is 0 Å². The van der Waals surface area contributed by atoms with Gasteiger partial charge in [-0.05, 0) is 29.2 Å². The Balaban J connectivity index is 3.19. The van der Waals surface area contributed by atoms with E-state index in [-0.39, 0.29) is 5.41 Å². The molecule has 13 heavy (non-hydrogen) atoms. The molecule has 0 atom stereocenters. The summed E-state index contributed by atoms with van der Waals surface area (Å²) in [5.74, 6) is 0. The highest BCUT2D eigenvalue weighted by Gasteiger charge is 2.17. The summed E-state index contributed by atoms with van der Waals surface area (Å²) >= 11 is 6.11. The van der Waals surface area contributed by atoms with Gasteiger partial charge in [0.2, 0.25) is 0 Å². The van der Waals surface area contributed by atoms with Gasteiger partial charge in [-0.15, -0.1) is 0 Å². The molecule has 0 aliphatic rings. The molecule has 1 aromatic carbocycles. The molecular weight excluding hydrogens is 182 g/mol. The fourth-order valence-corrected chi connectivity index (χ4v) is 1.66. The van der Waals surface area contributed by atoms with Crippen LogP contribution >= 0.6 is 11.6 Å². The summed E-state index contributed by atoms with van der Waals surface area (Å²) < 4.78 is 0. The van der Waals surface area contributed by atoms with Gasteiger partial charge in [0, 0.05) is 17.8 Å². The molecule has 0 aliphatic carbocycles. The molecule has 0 saturated carbocycles. The minimum atomic E-state index is 0.101. The van der Waals surface area contributed by atoms with Crippen LogP contribution in [0.25, 0.3) is 0 Å². The van der Waals surface area contributed by atoms with Crippen LogP contribution in [-0.2, 0) is 5.41 Å². The maximum atomic E-state index is 6.11. The molecule has 0 amide bonds. The first kappa shape index (κ1) is 10.4. The third-order valence-corrected chi connectivity index (χ3v) is 2.39. The van der Waals surface area contributed by atoms with Crippen LogP contribution in [0.5, 0.6) is 0 Å². The van der Waals surface area contributed by atoms with Crippen molar-refractivity contribution in [3.05, 3.63) is 28.8 Å². The normalized spacial score (nSPS) is 11.5. The van der Waals surface area contributed by atoms with Gasteiger partial charge in [0.15, 0.2) is 0 Å². The fourth-order valence-electron chi connectivity index (χ4n) is 1.26. The lowest BCUT2D eigenvalue weighted by Gasteiger charge is -2.21. The second kappa shape index (κ2) is 3.59. The van der Waals surface area contributed by atoms with Crippen LogP contribution in [0.1, 0.15) is 26.3 Å². The molecular formula is C11H16ClN. The van der Waals surface area contributed by atoms with E-state index in [4.69, 9.17) is 11.6 Å². The molecule has 0 unspecified atom stereocenters. The van der Waals surface area contributed by atoms with Crippen molar-refractivity contribution in [2.75, 3.05) is 12.4 Å². The summed E-state index contributed by atoms with van der Waals surface area (Å²) in [6.07, 6.45) is 0. The van der Waals surface area contributed by atoms with Gasteiger partial charge in [-0.1, -0.05) is 32.4 Å². The molecule has 1 aromatic rings. The lowest BCUT2D eigenvalue weighted by Crippen LogP contribution is -2.12. The second-order valence-electron chi connectivity index (χ2n) is 4.19. The summed E-state index contributed by atoms with van der Waals surface area (Å²) in [5, 5.41) is 3.95. The first-order valence-corrected chi connectivity index (χ1v) is 4.80. The highest BCUT2D eigenvalue weighted by atomic mass is 35.5. The predicted molar refractivity (Wildman–Crippen MR) is 59.7 cm³/mol. The Morgan fingerprint density at radius 3 is 2.31 bits per heavy atom. The molecule has 1 N–H and O–H groups in total. The monoisotopic (exact) mass is 197 g/mol. The average Bonchev–Trinajstić information content (AvgIpc) is 2.03. The highest BCUT2D eigenvalue weighted by molar-refractivity contribution is 6.31. The van der Waals surface area contributed by atoms with Gasteiger partial charge in [0.1, 0.15) is 0 Å². The zero-order chi connectivity index (χ0) is 10.1. The number of halogens is 1. The van der Waals surface area contributed by atoms with Crippen molar-refractivity contribution in [2.45, 2.75) is 26.2 Å². The van der Waals surface area contributed by atoms with E-state index in [1.165, 1.54) is 5.56 Å². The zero-order valence-corrected chi connectivity index (χ0v) is 9.37. The van der Waals surface area contributed by atoms with Crippen LogP contribution in [0.4, 0.5) is 5.69 Å². The Kier molecular flexibility index (Phi) is 2.87. The summed E-state index contributed by atoms with van der Waals surface area (Å²) in [6.45, 7) is 6.48. The second-order valence-corrected chi connectivity index (χ2v) is 4.60. The molecule has 72 valence electrons. The van der Waals surface area contributed by atoms with Crippen molar-refractivity contribution in [2.24, 2.45) is 0 Å². The molecule has 1 nitrogen and oxygen atoms in total. The largest absolute Gasteiger partial charge is 0.388 e.